The lowest BCUT2D eigenvalue weighted by Crippen LogP contribution is -2.14. The predicted molar refractivity (Wildman–Crippen MR) is 292 cm³/mol. The van der Waals surface area contributed by atoms with Gasteiger partial charge >= 0.3 is 0 Å². The third-order valence-electron chi connectivity index (χ3n) is 14.9. The highest BCUT2D eigenvalue weighted by atomic mass is 14.9. The van der Waals surface area contributed by atoms with E-state index >= 15 is 0 Å². The molecule has 1 aliphatic carbocycles. The summed E-state index contributed by atoms with van der Waals surface area (Å²) in [5.41, 5.74) is 23.6. The van der Waals surface area contributed by atoms with Gasteiger partial charge in [0.15, 0.2) is 5.82 Å². The Morgan fingerprint density at radius 1 is 0.300 bits per heavy atom. The molecule has 1 aliphatic rings. The van der Waals surface area contributed by atoms with Crippen molar-refractivity contribution < 1.29 is 0 Å². The van der Waals surface area contributed by atoms with E-state index in [0.717, 1.165) is 39.2 Å². The van der Waals surface area contributed by atoms with E-state index in [1.54, 1.807) is 0 Å². The third kappa shape index (κ3) is 6.36. The van der Waals surface area contributed by atoms with Crippen LogP contribution in [0.3, 0.4) is 0 Å². The van der Waals surface area contributed by atoms with Crippen molar-refractivity contribution in [2.45, 2.75) is 19.3 Å². The zero-order chi connectivity index (χ0) is 46.5. The second-order valence-corrected chi connectivity index (χ2v) is 19.4. The molecule has 0 spiro atoms. The predicted octanol–water partition coefficient (Wildman–Crippen LogP) is 17.6. The number of rotatable bonds is 7. The summed E-state index contributed by atoms with van der Waals surface area (Å²) in [6.45, 7) is 4.70. The molecule has 0 amide bonds. The summed E-state index contributed by atoms with van der Waals surface area (Å²) in [4.78, 5) is 10.1. The molecule has 14 rings (SSSR count). The highest BCUT2D eigenvalue weighted by molar-refractivity contribution is 6.23. The van der Waals surface area contributed by atoms with Crippen molar-refractivity contribution in [2.75, 3.05) is 0 Å². The highest BCUT2D eigenvalue weighted by Crippen LogP contribution is 2.50. The number of benzene rings is 10. The smallest absolute Gasteiger partial charge is 0.160 e. The number of hydrogen-bond acceptors (Lipinski definition) is 2. The first-order valence-corrected chi connectivity index (χ1v) is 24.2. The molecule has 0 fully saturated rings. The van der Waals surface area contributed by atoms with Crippen LogP contribution < -0.4 is 0 Å². The van der Waals surface area contributed by atoms with E-state index in [2.05, 4.69) is 231 Å². The molecule has 3 heterocycles. The maximum Gasteiger partial charge on any atom is 0.160 e. The minimum absolute atomic E-state index is 0.0178. The zero-order valence-corrected chi connectivity index (χ0v) is 38.9. The molecule has 0 saturated heterocycles. The minimum Gasteiger partial charge on any atom is -0.308 e. The van der Waals surface area contributed by atoms with Crippen LogP contribution in [0.25, 0.3) is 128 Å². The SMILES string of the molecule is CC1(C)c2ccccc2-c2cc(-c3ccc4c5cccc6c7ccc(-c8cccc(-c9cccc(-c%10cccc(-c%11cc(-c%12ccccc%12)nc(-c%12ccccc%12)n%11)c%10)c9)c8)cc7n(c4c3)c65)ccc21. The summed E-state index contributed by atoms with van der Waals surface area (Å²) in [6.07, 6.45) is 0. The molecule has 3 nitrogen and oxygen atoms in total. The monoisotopic (exact) mass is 891 g/mol. The summed E-state index contributed by atoms with van der Waals surface area (Å²) in [6, 6.07) is 86.1. The standard InChI is InChI=1S/C67H45N3/c1-67(2)59-28-10-9-25-53(59)58-38-49(31-34-60(58)67)51-30-33-55-57-27-14-26-56-54-32-29-50(39-63(54)70(65(56)57)64(55)40-51)47-22-12-20-45(36-47)44-19-11-21-46(35-44)48-23-13-24-52(37-48)62-41-61(42-15-5-3-6-16-42)68-66(69-62)43-17-7-4-8-18-43/h3-41H,1-2H3. The molecule has 0 aliphatic heterocycles. The minimum atomic E-state index is -0.0178. The number of fused-ring (bicyclic) bond motifs is 9. The lowest BCUT2D eigenvalue weighted by Gasteiger charge is -2.21. The van der Waals surface area contributed by atoms with Gasteiger partial charge < -0.3 is 4.40 Å². The summed E-state index contributed by atoms with van der Waals surface area (Å²) in [5.74, 6) is 0.711. The van der Waals surface area contributed by atoms with Gasteiger partial charge in [-0.25, -0.2) is 9.97 Å². The first-order chi connectivity index (χ1) is 34.4. The Hall–Kier alpha value is -8.92. The van der Waals surface area contributed by atoms with Crippen LogP contribution in [0.15, 0.2) is 237 Å². The molecule has 0 bridgehead atoms. The number of aromatic nitrogens is 3. The molecule has 0 unspecified atom stereocenters. The second kappa shape index (κ2) is 15.6. The molecule has 13 aromatic rings. The van der Waals surface area contributed by atoms with E-state index in [-0.39, 0.29) is 5.41 Å². The van der Waals surface area contributed by atoms with Crippen LogP contribution in [0.1, 0.15) is 25.0 Å². The van der Waals surface area contributed by atoms with E-state index in [0.29, 0.717) is 5.82 Å². The van der Waals surface area contributed by atoms with E-state index in [1.165, 1.54) is 93.7 Å². The van der Waals surface area contributed by atoms with E-state index in [1.807, 2.05) is 24.3 Å². The quantitative estimate of drug-likeness (QED) is 0.160. The first-order valence-electron chi connectivity index (χ1n) is 24.2. The average Bonchev–Trinajstić information content (AvgIpc) is 4.03. The van der Waals surface area contributed by atoms with Crippen molar-refractivity contribution in [1.29, 1.82) is 0 Å². The highest BCUT2D eigenvalue weighted by Gasteiger charge is 2.35. The Kier molecular flexibility index (Phi) is 8.93. The average molecular weight is 892 g/mol. The largest absolute Gasteiger partial charge is 0.308 e. The molecule has 70 heavy (non-hydrogen) atoms. The second-order valence-electron chi connectivity index (χ2n) is 19.4. The van der Waals surface area contributed by atoms with Crippen molar-refractivity contribution in [1.82, 2.24) is 14.4 Å². The Morgan fingerprint density at radius 3 is 1.33 bits per heavy atom. The molecular weight excluding hydrogens is 847 g/mol. The summed E-state index contributed by atoms with van der Waals surface area (Å²) in [7, 11) is 0. The Labute approximate surface area is 407 Å². The Balaban J connectivity index is 0.827. The van der Waals surface area contributed by atoms with Crippen LogP contribution in [-0.4, -0.2) is 14.4 Å². The molecule has 3 heteroatoms. The van der Waals surface area contributed by atoms with Crippen LogP contribution in [0.4, 0.5) is 0 Å². The fourth-order valence-electron chi connectivity index (χ4n) is 11.4. The van der Waals surface area contributed by atoms with Gasteiger partial charge in [-0.1, -0.05) is 208 Å². The van der Waals surface area contributed by atoms with Gasteiger partial charge in [0.25, 0.3) is 0 Å². The van der Waals surface area contributed by atoms with Crippen LogP contribution in [-0.2, 0) is 5.41 Å². The van der Waals surface area contributed by atoms with E-state index < -0.39 is 0 Å². The maximum atomic E-state index is 5.12. The molecule has 3 aromatic heterocycles. The fraction of sp³-hybridized carbons (Fsp3) is 0.0448. The number of hydrogen-bond donors (Lipinski definition) is 0. The van der Waals surface area contributed by atoms with Crippen molar-refractivity contribution in [3.8, 4) is 89.5 Å². The molecule has 10 aromatic carbocycles. The summed E-state index contributed by atoms with van der Waals surface area (Å²) < 4.78 is 2.52. The normalized spacial score (nSPS) is 12.8. The maximum absolute atomic E-state index is 5.12. The van der Waals surface area contributed by atoms with Crippen LogP contribution in [0.2, 0.25) is 0 Å². The zero-order valence-electron chi connectivity index (χ0n) is 38.9. The molecule has 0 N–H and O–H groups in total. The van der Waals surface area contributed by atoms with Gasteiger partial charge in [0.2, 0.25) is 0 Å². The topological polar surface area (TPSA) is 30.2 Å². The molecule has 0 atom stereocenters. The summed E-state index contributed by atoms with van der Waals surface area (Å²) in [5, 5.41) is 5.13. The lowest BCUT2D eigenvalue weighted by atomic mass is 9.82. The Bertz CT molecular complexity index is 4140. The van der Waals surface area contributed by atoms with Gasteiger partial charge in [0.1, 0.15) is 0 Å². The number of para-hydroxylation sites is 1. The van der Waals surface area contributed by atoms with Gasteiger partial charge in [-0.15, -0.1) is 0 Å². The van der Waals surface area contributed by atoms with Gasteiger partial charge in [-0.05, 0) is 109 Å². The van der Waals surface area contributed by atoms with Gasteiger partial charge in [0, 0.05) is 43.7 Å². The van der Waals surface area contributed by atoms with Gasteiger partial charge in [-0.3, -0.25) is 0 Å². The molecular formula is C67H45N3. The van der Waals surface area contributed by atoms with Crippen LogP contribution in [0.5, 0.6) is 0 Å². The van der Waals surface area contributed by atoms with Crippen LogP contribution >= 0.6 is 0 Å². The van der Waals surface area contributed by atoms with Gasteiger partial charge in [0.05, 0.1) is 27.9 Å². The first kappa shape index (κ1) is 40.2. The lowest BCUT2D eigenvalue weighted by molar-refractivity contribution is 0.660. The van der Waals surface area contributed by atoms with Crippen molar-refractivity contribution in [3.05, 3.63) is 248 Å². The van der Waals surface area contributed by atoms with Gasteiger partial charge in [-0.2, -0.15) is 0 Å². The fourth-order valence-corrected chi connectivity index (χ4v) is 11.4. The third-order valence-corrected chi connectivity index (χ3v) is 14.9. The van der Waals surface area contributed by atoms with Crippen molar-refractivity contribution in [3.63, 3.8) is 0 Å². The number of nitrogens with zero attached hydrogens (tertiary/aromatic N) is 3. The molecule has 0 radical (unpaired) electrons. The molecule has 0 saturated carbocycles. The van der Waals surface area contributed by atoms with Crippen molar-refractivity contribution >= 4 is 38.1 Å². The van der Waals surface area contributed by atoms with Crippen LogP contribution in [0, 0.1) is 0 Å². The summed E-state index contributed by atoms with van der Waals surface area (Å²) >= 11 is 0. The van der Waals surface area contributed by atoms with E-state index in [9.17, 15) is 0 Å². The Morgan fingerprint density at radius 2 is 0.729 bits per heavy atom. The van der Waals surface area contributed by atoms with E-state index in [4.69, 9.17) is 9.97 Å². The van der Waals surface area contributed by atoms with Crippen molar-refractivity contribution in [2.24, 2.45) is 0 Å². The molecule has 328 valence electrons.